The number of amides is 2. The van der Waals surface area contributed by atoms with Crippen molar-refractivity contribution in [2.24, 2.45) is 7.05 Å². The van der Waals surface area contributed by atoms with Crippen molar-refractivity contribution in [3.05, 3.63) is 18.2 Å². The molecule has 0 atom stereocenters. The van der Waals surface area contributed by atoms with Crippen LogP contribution in [0.15, 0.2) is 28.0 Å². The van der Waals surface area contributed by atoms with Crippen LogP contribution in [0.3, 0.4) is 0 Å². The molecule has 1 aromatic carbocycles. The summed E-state index contributed by atoms with van der Waals surface area (Å²) < 4.78 is 17.3. The molecule has 0 aliphatic carbocycles. The fraction of sp³-hybridized carbons (Fsp3) is 0.294. The molecule has 0 unspecified atom stereocenters. The second kappa shape index (κ2) is 8.41. The lowest BCUT2D eigenvalue weighted by molar-refractivity contribution is -0.114. The third-order valence-electron chi connectivity index (χ3n) is 3.99. The highest BCUT2D eigenvalue weighted by Gasteiger charge is 2.21. The molecule has 0 radical (unpaired) electrons. The molecule has 0 saturated carbocycles. The highest BCUT2D eigenvalue weighted by atomic mass is 32.2. The number of anilines is 2. The van der Waals surface area contributed by atoms with Crippen molar-refractivity contribution in [1.29, 1.82) is 0 Å². The van der Waals surface area contributed by atoms with E-state index in [4.69, 9.17) is 9.47 Å². The second-order valence-electron chi connectivity index (χ2n) is 6.20. The van der Waals surface area contributed by atoms with Gasteiger partial charge in [-0.05, 0) is 22.4 Å². The smallest absolute Gasteiger partial charge is 0.234 e. The van der Waals surface area contributed by atoms with Crippen LogP contribution in [0.5, 0.6) is 11.5 Å². The number of carbonyl (C=O) groups is 2. The summed E-state index contributed by atoms with van der Waals surface area (Å²) in [6.45, 7) is 2.32. The molecular weight excluding hydrogens is 414 g/mol. The van der Waals surface area contributed by atoms with Crippen molar-refractivity contribution >= 4 is 35.1 Å². The minimum Gasteiger partial charge on any atom is -0.486 e. The Morgan fingerprint density at radius 3 is 2.73 bits per heavy atom. The quantitative estimate of drug-likeness (QED) is 0.548. The van der Waals surface area contributed by atoms with Gasteiger partial charge in [0.1, 0.15) is 13.2 Å². The van der Waals surface area contributed by atoms with Crippen LogP contribution in [-0.4, -0.2) is 55.9 Å². The molecule has 0 spiro atoms. The molecule has 0 bridgehead atoms. The number of aromatic nitrogens is 5. The van der Waals surface area contributed by atoms with E-state index in [2.05, 4.69) is 35.8 Å². The van der Waals surface area contributed by atoms with E-state index >= 15 is 0 Å². The maximum Gasteiger partial charge on any atom is 0.234 e. The highest BCUT2D eigenvalue weighted by Crippen LogP contribution is 2.32. The zero-order valence-electron chi connectivity index (χ0n) is 16.0. The molecule has 3 aromatic rings. The average Bonchev–Trinajstić information content (AvgIpc) is 3.31. The number of carbonyl (C=O) groups excluding carboxylic acids is 2. The Bertz CT molecular complexity index is 1100. The van der Waals surface area contributed by atoms with Crippen LogP contribution < -0.4 is 20.1 Å². The average molecular weight is 431 g/mol. The number of nitrogens with zero attached hydrogens (tertiary/aromatic N) is 5. The van der Waals surface area contributed by atoms with Crippen molar-refractivity contribution in [2.45, 2.75) is 12.1 Å². The molecule has 0 fully saturated rings. The summed E-state index contributed by atoms with van der Waals surface area (Å²) in [4.78, 5) is 23.6. The lowest BCUT2D eigenvalue weighted by Gasteiger charge is -2.18. The zero-order valence-corrected chi connectivity index (χ0v) is 16.9. The standard InChI is InChI=1S/C17H17N7O5S/c1-9(25)18-15-14(22-29-23-15)16-20-21-17(24(16)2)30-8-13(26)19-10-3-4-11-12(7-10)28-6-5-27-11/h3-4,7H,5-6,8H2,1-2H3,(H,19,26)(H,18,23,25). The number of hydrogen-bond acceptors (Lipinski definition) is 10. The van der Waals surface area contributed by atoms with Crippen molar-refractivity contribution < 1.29 is 23.7 Å². The highest BCUT2D eigenvalue weighted by molar-refractivity contribution is 7.99. The Hall–Kier alpha value is -3.61. The van der Waals surface area contributed by atoms with Gasteiger partial charge in [-0.3, -0.25) is 9.59 Å². The Balaban J connectivity index is 1.39. The number of ether oxygens (including phenoxy) is 2. The van der Waals surface area contributed by atoms with Gasteiger partial charge in [0.15, 0.2) is 28.2 Å². The van der Waals surface area contributed by atoms with E-state index in [9.17, 15) is 9.59 Å². The maximum absolute atomic E-state index is 12.3. The number of nitrogens with one attached hydrogen (secondary N) is 2. The van der Waals surface area contributed by atoms with E-state index in [1.165, 1.54) is 18.7 Å². The lowest BCUT2D eigenvalue weighted by atomic mass is 10.2. The van der Waals surface area contributed by atoms with Crippen molar-refractivity contribution in [3.63, 3.8) is 0 Å². The van der Waals surface area contributed by atoms with E-state index in [1.54, 1.807) is 29.8 Å². The number of rotatable bonds is 6. The van der Waals surface area contributed by atoms with Gasteiger partial charge in [0.25, 0.3) is 0 Å². The molecule has 2 amide bonds. The van der Waals surface area contributed by atoms with Gasteiger partial charge in [0.05, 0.1) is 5.75 Å². The van der Waals surface area contributed by atoms with E-state index in [-0.39, 0.29) is 29.1 Å². The Morgan fingerprint density at radius 2 is 1.93 bits per heavy atom. The first-order valence-corrected chi connectivity index (χ1v) is 9.82. The van der Waals surface area contributed by atoms with E-state index in [0.717, 1.165) is 0 Å². The van der Waals surface area contributed by atoms with Gasteiger partial charge >= 0.3 is 0 Å². The van der Waals surface area contributed by atoms with E-state index in [0.29, 0.717) is 41.4 Å². The molecule has 12 nitrogen and oxygen atoms in total. The van der Waals surface area contributed by atoms with Crippen molar-refractivity contribution in [3.8, 4) is 23.0 Å². The van der Waals surface area contributed by atoms with Gasteiger partial charge in [-0.2, -0.15) is 0 Å². The number of hydrogen-bond donors (Lipinski definition) is 2. The summed E-state index contributed by atoms with van der Waals surface area (Å²) >= 11 is 1.20. The van der Waals surface area contributed by atoms with Gasteiger partial charge in [0, 0.05) is 25.7 Å². The van der Waals surface area contributed by atoms with Gasteiger partial charge in [-0.15, -0.1) is 10.2 Å². The maximum atomic E-state index is 12.3. The van der Waals surface area contributed by atoms with Crippen molar-refractivity contribution in [2.75, 3.05) is 29.6 Å². The topological polar surface area (TPSA) is 146 Å². The molecule has 4 rings (SSSR count). The lowest BCUT2D eigenvalue weighted by Crippen LogP contribution is -2.17. The summed E-state index contributed by atoms with van der Waals surface area (Å²) in [5.41, 5.74) is 0.852. The molecule has 3 heterocycles. The summed E-state index contributed by atoms with van der Waals surface area (Å²) in [5, 5.41) is 21.3. The summed E-state index contributed by atoms with van der Waals surface area (Å²) in [7, 11) is 1.71. The third-order valence-corrected chi connectivity index (χ3v) is 5.01. The minimum absolute atomic E-state index is 0.107. The van der Waals surface area contributed by atoms with Gasteiger partial charge in [-0.25, -0.2) is 4.63 Å². The summed E-state index contributed by atoms with van der Waals surface area (Å²) in [5.74, 6) is 1.31. The minimum atomic E-state index is -0.320. The SMILES string of the molecule is CC(=O)Nc1nonc1-c1nnc(SCC(=O)Nc2ccc3c(c2)OCCO3)n1C. The normalized spacial score (nSPS) is 12.5. The van der Waals surface area contributed by atoms with Crippen LogP contribution in [0, 0.1) is 0 Å². The van der Waals surface area contributed by atoms with Crippen molar-refractivity contribution in [1.82, 2.24) is 25.1 Å². The summed E-state index contributed by atoms with van der Waals surface area (Å²) in [6, 6.07) is 5.22. The molecule has 0 saturated heterocycles. The fourth-order valence-corrected chi connectivity index (χ4v) is 3.39. The second-order valence-corrected chi connectivity index (χ2v) is 7.15. The number of fused-ring (bicyclic) bond motifs is 1. The van der Waals surface area contributed by atoms with Crippen LogP contribution in [0.2, 0.25) is 0 Å². The predicted molar refractivity (Wildman–Crippen MR) is 105 cm³/mol. The molecule has 156 valence electrons. The first-order valence-electron chi connectivity index (χ1n) is 8.83. The fourth-order valence-electron chi connectivity index (χ4n) is 2.68. The largest absolute Gasteiger partial charge is 0.486 e. The molecule has 30 heavy (non-hydrogen) atoms. The first-order chi connectivity index (χ1) is 14.5. The van der Waals surface area contributed by atoms with Crippen LogP contribution in [0.25, 0.3) is 11.5 Å². The Labute approximate surface area is 174 Å². The molecule has 2 aromatic heterocycles. The summed E-state index contributed by atoms with van der Waals surface area (Å²) in [6.07, 6.45) is 0. The van der Waals surface area contributed by atoms with E-state index < -0.39 is 0 Å². The molecular formula is C17H17N7O5S. The number of benzene rings is 1. The molecule has 1 aliphatic heterocycles. The van der Waals surface area contributed by atoms with Crippen LogP contribution in [0.1, 0.15) is 6.92 Å². The molecule has 13 heteroatoms. The Kier molecular flexibility index (Phi) is 5.52. The van der Waals surface area contributed by atoms with Crippen LogP contribution >= 0.6 is 11.8 Å². The van der Waals surface area contributed by atoms with Gasteiger partial charge in [0.2, 0.25) is 17.6 Å². The van der Waals surface area contributed by atoms with Crippen LogP contribution in [-0.2, 0) is 16.6 Å². The first kappa shape index (κ1) is 19.7. The van der Waals surface area contributed by atoms with Gasteiger partial charge in [-0.1, -0.05) is 11.8 Å². The van der Waals surface area contributed by atoms with E-state index in [1.807, 2.05) is 0 Å². The molecule has 2 N–H and O–H groups in total. The Morgan fingerprint density at radius 1 is 1.13 bits per heavy atom. The monoisotopic (exact) mass is 431 g/mol. The zero-order chi connectivity index (χ0) is 21.1. The number of thioether (sulfide) groups is 1. The third kappa shape index (κ3) is 4.20. The van der Waals surface area contributed by atoms with Gasteiger partial charge < -0.3 is 24.7 Å². The predicted octanol–water partition coefficient (Wildman–Crippen LogP) is 1.33. The van der Waals surface area contributed by atoms with Crippen LogP contribution in [0.4, 0.5) is 11.5 Å². The molecule has 1 aliphatic rings.